The second-order valence-electron chi connectivity index (χ2n) is 4.04. The van der Waals surface area contributed by atoms with Crippen molar-refractivity contribution in [3.63, 3.8) is 0 Å². The van der Waals surface area contributed by atoms with Crippen LogP contribution in [0.25, 0.3) is 0 Å². The van der Waals surface area contributed by atoms with E-state index < -0.39 is 0 Å². The van der Waals surface area contributed by atoms with E-state index in [9.17, 15) is 0 Å². The predicted octanol–water partition coefficient (Wildman–Crippen LogP) is 1.99. The molecule has 0 bridgehead atoms. The molecule has 6 heteroatoms. The van der Waals surface area contributed by atoms with Crippen molar-refractivity contribution in [3.8, 4) is 5.75 Å². The standard InChI is InChI=1S/C12H15ClN2O3/c13-9-4-1-5-10(11(9)12(14)15-16)18-7-8-3-2-6-17-8/h1,4-5,8,16H,2-3,6-7H2,(H2,14,15). The molecule has 2 rings (SSSR count). The molecule has 5 nitrogen and oxygen atoms in total. The lowest BCUT2D eigenvalue weighted by atomic mass is 10.2. The van der Waals surface area contributed by atoms with Crippen LogP contribution in [0.2, 0.25) is 5.02 Å². The van der Waals surface area contributed by atoms with E-state index in [1.54, 1.807) is 18.2 Å². The zero-order chi connectivity index (χ0) is 13.0. The summed E-state index contributed by atoms with van der Waals surface area (Å²) in [6, 6.07) is 5.14. The van der Waals surface area contributed by atoms with E-state index in [0.717, 1.165) is 19.4 Å². The fourth-order valence-electron chi connectivity index (χ4n) is 1.88. The topological polar surface area (TPSA) is 77.1 Å². The lowest BCUT2D eigenvalue weighted by molar-refractivity contribution is 0.0679. The van der Waals surface area contributed by atoms with E-state index in [-0.39, 0.29) is 11.9 Å². The van der Waals surface area contributed by atoms with Gasteiger partial charge in [-0.3, -0.25) is 0 Å². The molecular formula is C12H15ClN2O3. The second-order valence-corrected chi connectivity index (χ2v) is 4.45. The molecule has 1 aliphatic heterocycles. The molecule has 0 saturated carbocycles. The number of hydrogen-bond donors (Lipinski definition) is 2. The lowest BCUT2D eigenvalue weighted by Crippen LogP contribution is -2.20. The molecule has 1 saturated heterocycles. The van der Waals surface area contributed by atoms with Gasteiger partial charge in [-0.15, -0.1) is 0 Å². The minimum Gasteiger partial charge on any atom is -0.490 e. The number of hydrogen-bond acceptors (Lipinski definition) is 4. The van der Waals surface area contributed by atoms with Crippen LogP contribution in [0.15, 0.2) is 23.4 Å². The SMILES string of the molecule is NC(=NO)c1c(Cl)cccc1OCC1CCCO1. The number of nitrogens with zero attached hydrogens (tertiary/aromatic N) is 1. The molecule has 1 aliphatic rings. The van der Waals surface area contributed by atoms with Gasteiger partial charge in [0.1, 0.15) is 12.4 Å². The molecule has 0 aliphatic carbocycles. The largest absolute Gasteiger partial charge is 0.490 e. The van der Waals surface area contributed by atoms with Gasteiger partial charge in [0.15, 0.2) is 5.84 Å². The normalized spacial score (nSPS) is 20.1. The molecule has 1 aromatic carbocycles. The van der Waals surface area contributed by atoms with Gasteiger partial charge >= 0.3 is 0 Å². The molecule has 1 fully saturated rings. The first-order valence-electron chi connectivity index (χ1n) is 5.73. The summed E-state index contributed by atoms with van der Waals surface area (Å²) in [6.45, 7) is 1.21. The minimum absolute atomic E-state index is 0.0667. The van der Waals surface area contributed by atoms with E-state index in [1.165, 1.54) is 0 Å². The molecule has 3 N–H and O–H groups in total. The van der Waals surface area contributed by atoms with Gasteiger partial charge in [0.25, 0.3) is 0 Å². The van der Waals surface area contributed by atoms with E-state index in [1.807, 2.05) is 0 Å². The molecule has 1 aromatic rings. The maximum Gasteiger partial charge on any atom is 0.175 e. The maximum atomic E-state index is 8.74. The van der Waals surface area contributed by atoms with E-state index in [4.69, 9.17) is 32.0 Å². The van der Waals surface area contributed by atoms with Gasteiger partial charge < -0.3 is 20.4 Å². The first-order valence-corrected chi connectivity index (χ1v) is 6.11. The Morgan fingerprint density at radius 2 is 2.44 bits per heavy atom. The fourth-order valence-corrected chi connectivity index (χ4v) is 2.14. The molecule has 1 heterocycles. The highest BCUT2D eigenvalue weighted by Gasteiger charge is 2.18. The van der Waals surface area contributed by atoms with Crippen LogP contribution in [0.3, 0.4) is 0 Å². The molecule has 1 atom stereocenters. The van der Waals surface area contributed by atoms with Crippen LogP contribution in [0.1, 0.15) is 18.4 Å². The van der Waals surface area contributed by atoms with Crippen molar-refractivity contribution in [2.45, 2.75) is 18.9 Å². The van der Waals surface area contributed by atoms with Gasteiger partial charge in [-0.2, -0.15) is 0 Å². The number of amidine groups is 1. The van der Waals surface area contributed by atoms with Crippen LogP contribution >= 0.6 is 11.6 Å². The van der Waals surface area contributed by atoms with Crippen molar-refractivity contribution in [1.29, 1.82) is 0 Å². The molecule has 0 amide bonds. The highest BCUT2D eigenvalue weighted by atomic mass is 35.5. The van der Waals surface area contributed by atoms with Crippen molar-refractivity contribution in [2.24, 2.45) is 10.9 Å². The first-order chi connectivity index (χ1) is 8.72. The number of ether oxygens (including phenoxy) is 2. The van der Waals surface area contributed by atoms with Crippen LogP contribution in [-0.2, 0) is 4.74 Å². The van der Waals surface area contributed by atoms with Crippen LogP contribution < -0.4 is 10.5 Å². The van der Waals surface area contributed by atoms with Crippen LogP contribution in [-0.4, -0.2) is 30.4 Å². The van der Waals surface area contributed by atoms with Crippen molar-refractivity contribution < 1.29 is 14.7 Å². The Labute approximate surface area is 110 Å². The van der Waals surface area contributed by atoms with Gasteiger partial charge in [0, 0.05) is 6.61 Å². The highest BCUT2D eigenvalue weighted by molar-refractivity contribution is 6.34. The van der Waals surface area contributed by atoms with Crippen molar-refractivity contribution >= 4 is 17.4 Å². The molecular weight excluding hydrogens is 256 g/mol. The average Bonchev–Trinajstić information content (AvgIpc) is 2.88. The number of oxime groups is 1. The number of rotatable bonds is 4. The number of nitrogens with two attached hydrogens (primary N) is 1. The Bertz CT molecular complexity index is 445. The van der Waals surface area contributed by atoms with Crippen LogP contribution in [0.5, 0.6) is 5.75 Å². The third kappa shape index (κ3) is 2.86. The summed E-state index contributed by atoms with van der Waals surface area (Å²) in [7, 11) is 0. The van der Waals surface area contributed by atoms with Crippen molar-refractivity contribution in [1.82, 2.24) is 0 Å². The van der Waals surface area contributed by atoms with Crippen molar-refractivity contribution in [3.05, 3.63) is 28.8 Å². The summed E-state index contributed by atoms with van der Waals surface area (Å²) in [4.78, 5) is 0. The Morgan fingerprint density at radius 1 is 1.61 bits per heavy atom. The average molecular weight is 271 g/mol. The van der Waals surface area contributed by atoms with Gasteiger partial charge in [0.05, 0.1) is 16.7 Å². The first kappa shape index (κ1) is 13.0. The monoisotopic (exact) mass is 270 g/mol. The van der Waals surface area contributed by atoms with E-state index in [0.29, 0.717) is 22.9 Å². The smallest absolute Gasteiger partial charge is 0.175 e. The highest BCUT2D eigenvalue weighted by Crippen LogP contribution is 2.27. The Hall–Kier alpha value is -1.46. The van der Waals surface area contributed by atoms with E-state index >= 15 is 0 Å². The summed E-state index contributed by atoms with van der Waals surface area (Å²) < 4.78 is 11.1. The third-order valence-corrected chi connectivity index (χ3v) is 3.10. The fraction of sp³-hybridized carbons (Fsp3) is 0.417. The second kappa shape index (κ2) is 5.93. The maximum absolute atomic E-state index is 8.74. The minimum atomic E-state index is -0.0667. The Morgan fingerprint density at radius 3 is 3.11 bits per heavy atom. The molecule has 0 radical (unpaired) electrons. The number of halogens is 1. The summed E-state index contributed by atoms with van der Waals surface area (Å²) >= 11 is 6.02. The summed E-state index contributed by atoms with van der Waals surface area (Å²) in [5.74, 6) is 0.427. The molecule has 0 aromatic heterocycles. The Balaban J connectivity index is 2.13. The quantitative estimate of drug-likeness (QED) is 0.380. The van der Waals surface area contributed by atoms with Gasteiger partial charge in [-0.1, -0.05) is 22.8 Å². The Kier molecular flexibility index (Phi) is 4.28. The molecule has 18 heavy (non-hydrogen) atoms. The molecule has 0 spiro atoms. The van der Waals surface area contributed by atoms with Crippen LogP contribution in [0, 0.1) is 0 Å². The number of benzene rings is 1. The molecule has 98 valence electrons. The summed E-state index contributed by atoms with van der Waals surface area (Å²) in [5.41, 5.74) is 5.99. The zero-order valence-corrected chi connectivity index (χ0v) is 10.6. The van der Waals surface area contributed by atoms with E-state index in [2.05, 4.69) is 5.16 Å². The third-order valence-electron chi connectivity index (χ3n) is 2.79. The predicted molar refractivity (Wildman–Crippen MR) is 68.4 cm³/mol. The van der Waals surface area contributed by atoms with Crippen LogP contribution in [0.4, 0.5) is 0 Å². The van der Waals surface area contributed by atoms with Gasteiger partial charge in [-0.25, -0.2) is 0 Å². The van der Waals surface area contributed by atoms with Gasteiger partial charge in [0.2, 0.25) is 0 Å². The molecule has 1 unspecified atom stereocenters. The summed E-state index contributed by atoms with van der Waals surface area (Å²) in [6.07, 6.45) is 2.14. The summed E-state index contributed by atoms with van der Waals surface area (Å²) in [5, 5.41) is 12.1. The van der Waals surface area contributed by atoms with Gasteiger partial charge in [-0.05, 0) is 25.0 Å². The zero-order valence-electron chi connectivity index (χ0n) is 9.80. The van der Waals surface area contributed by atoms with Crippen molar-refractivity contribution in [2.75, 3.05) is 13.2 Å². The lowest BCUT2D eigenvalue weighted by Gasteiger charge is -2.14.